The fraction of sp³-hybridized carbons (Fsp3) is 0.217. The number of benzene rings is 2. The lowest BCUT2D eigenvalue weighted by molar-refractivity contribution is 0.102. The average molecular weight is 419 g/mol. The van der Waals surface area contributed by atoms with Crippen molar-refractivity contribution in [3.63, 3.8) is 0 Å². The van der Waals surface area contributed by atoms with Gasteiger partial charge in [-0.25, -0.2) is 9.67 Å². The number of carbonyl (C=O) groups excluding carboxylic acids is 1. The zero-order valence-corrected chi connectivity index (χ0v) is 17.9. The third-order valence-electron chi connectivity index (χ3n) is 4.98. The minimum atomic E-state index is -0.385. The van der Waals surface area contributed by atoms with E-state index in [9.17, 15) is 9.59 Å². The number of nitrogens with zero attached hydrogens (tertiary/aromatic N) is 3. The predicted octanol–water partition coefficient (Wildman–Crippen LogP) is 4.92. The van der Waals surface area contributed by atoms with E-state index >= 15 is 0 Å². The maximum Gasteiger partial charge on any atom is 0.278 e. The van der Waals surface area contributed by atoms with Gasteiger partial charge in [0.15, 0.2) is 10.8 Å². The van der Waals surface area contributed by atoms with Crippen molar-refractivity contribution in [1.29, 1.82) is 0 Å². The van der Waals surface area contributed by atoms with E-state index in [1.54, 1.807) is 24.3 Å². The van der Waals surface area contributed by atoms with Gasteiger partial charge < -0.3 is 0 Å². The summed E-state index contributed by atoms with van der Waals surface area (Å²) in [4.78, 5) is 30.0. The molecule has 0 fully saturated rings. The summed E-state index contributed by atoms with van der Waals surface area (Å²) in [5, 5.41) is 10.5. The van der Waals surface area contributed by atoms with E-state index in [0.29, 0.717) is 28.4 Å². The second-order valence-electron chi connectivity index (χ2n) is 7.28. The van der Waals surface area contributed by atoms with Gasteiger partial charge in [-0.3, -0.25) is 14.9 Å². The molecule has 152 valence electrons. The molecule has 0 saturated heterocycles. The van der Waals surface area contributed by atoms with Crippen LogP contribution in [0.1, 0.15) is 42.7 Å². The molecular weight excluding hydrogens is 396 g/mol. The number of hydrogen-bond acceptors (Lipinski definition) is 5. The minimum Gasteiger partial charge on any atom is -0.296 e. The summed E-state index contributed by atoms with van der Waals surface area (Å²) in [5.74, 6) is 0.0857. The number of thiazole rings is 1. The molecule has 0 atom stereocenters. The topological polar surface area (TPSA) is 76.9 Å². The molecule has 30 heavy (non-hydrogen) atoms. The van der Waals surface area contributed by atoms with Crippen LogP contribution in [0, 0.1) is 0 Å². The highest BCUT2D eigenvalue weighted by molar-refractivity contribution is 7.14. The Morgan fingerprint density at radius 1 is 1.10 bits per heavy atom. The molecular formula is C23H22N4O2S. The maximum atomic E-state index is 13.0. The van der Waals surface area contributed by atoms with Crippen LogP contribution in [0.3, 0.4) is 0 Å². The van der Waals surface area contributed by atoms with Gasteiger partial charge in [0.2, 0.25) is 0 Å². The Morgan fingerprint density at radius 2 is 1.80 bits per heavy atom. The zero-order chi connectivity index (χ0) is 21.3. The molecule has 0 bridgehead atoms. The average Bonchev–Trinajstić information content (AvgIpc) is 3.22. The number of amides is 1. The number of anilines is 1. The van der Waals surface area contributed by atoms with Crippen LogP contribution in [0.4, 0.5) is 5.13 Å². The van der Waals surface area contributed by atoms with Crippen LogP contribution in [-0.4, -0.2) is 20.7 Å². The summed E-state index contributed by atoms with van der Waals surface area (Å²) < 4.78 is 1.31. The Kier molecular flexibility index (Phi) is 5.46. The fourth-order valence-corrected chi connectivity index (χ4v) is 3.99. The third-order valence-corrected chi connectivity index (χ3v) is 5.74. The largest absolute Gasteiger partial charge is 0.296 e. The van der Waals surface area contributed by atoms with Gasteiger partial charge in [-0.15, -0.1) is 11.3 Å². The van der Waals surface area contributed by atoms with E-state index in [1.165, 1.54) is 21.6 Å². The number of nitrogens with one attached hydrogen (secondary N) is 1. The van der Waals surface area contributed by atoms with E-state index in [-0.39, 0.29) is 17.2 Å². The normalized spacial score (nSPS) is 11.2. The monoisotopic (exact) mass is 418 g/mol. The van der Waals surface area contributed by atoms with Gasteiger partial charge in [0.1, 0.15) is 0 Å². The lowest BCUT2D eigenvalue weighted by Crippen LogP contribution is -2.27. The lowest BCUT2D eigenvalue weighted by Gasteiger charge is -2.09. The van der Waals surface area contributed by atoms with E-state index < -0.39 is 0 Å². The summed E-state index contributed by atoms with van der Waals surface area (Å²) in [6.45, 7) is 6.52. The molecule has 0 aliphatic carbocycles. The van der Waals surface area contributed by atoms with Crippen LogP contribution < -0.4 is 10.9 Å². The van der Waals surface area contributed by atoms with Crippen LogP contribution in [0.15, 0.2) is 58.7 Å². The van der Waals surface area contributed by atoms with E-state index in [2.05, 4.69) is 41.4 Å². The Bertz CT molecular complexity index is 1270. The minimum absolute atomic E-state index is 0.203. The van der Waals surface area contributed by atoms with Crippen molar-refractivity contribution >= 4 is 33.1 Å². The molecule has 4 rings (SSSR count). The number of carbonyl (C=O) groups is 1. The Morgan fingerprint density at radius 3 is 2.47 bits per heavy atom. The summed E-state index contributed by atoms with van der Waals surface area (Å²) in [5.41, 5.74) is 3.09. The molecule has 0 unspecified atom stereocenters. The second-order valence-corrected chi connectivity index (χ2v) is 8.14. The van der Waals surface area contributed by atoms with E-state index in [1.807, 2.05) is 24.4 Å². The number of fused-ring (bicyclic) bond motifs is 1. The number of aromatic nitrogens is 3. The van der Waals surface area contributed by atoms with Gasteiger partial charge in [0, 0.05) is 22.9 Å². The Hall–Kier alpha value is -3.32. The summed E-state index contributed by atoms with van der Waals surface area (Å²) in [7, 11) is 0. The Labute approximate surface area is 178 Å². The van der Waals surface area contributed by atoms with E-state index in [0.717, 1.165) is 11.3 Å². The SMILES string of the molecule is CCn1nc(C(=O)Nc2nc(-c3ccc(C(C)C)cc3)cs2)c2ccccc2c1=O. The molecule has 2 aromatic carbocycles. The van der Waals surface area contributed by atoms with Crippen LogP contribution in [0.5, 0.6) is 0 Å². The van der Waals surface area contributed by atoms with Crippen molar-refractivity contribution in [2.45, 2.75) is 33.2 Å². The highest BCUT2D eigenvalue weighted by Gasteiger charge is 2.17. The molecule has 4 aromatic rings. The first-order chi connectivity index (χ1) is 14.5. The molecule has 0 aliphatic heterocycles. The molecule has 0 aliphatic rings. The maximum absolute atomic E-state index is 13.0. The number of rotatable bonds is 5. The van der Waals surface area contributed by atoms with Gasteiger partial charge in [-0.1, -0.05) is 56.3 Å². The lowest BCUT2D eigenvalue weighted by atomic mass is 10.0. The summed E-state index contributed by atoms with van der Waals surface area (Å²) in [6, 6.07) is 15.3. The quantitative estimate of drug-likeness (QED) is 0.499. The molecule has 1 N–H and O–H groups in total. The van der Waals surface area contributed by atoms with Crippen molar-refractivity contribution in [2.24, 2.45) is 0 Å². The first-order valence-corrected chi connectivity index (χ1v) is 10.7. The first kappa shape index (κ1) is 20.0. The highest BCUT2D eigenvalue weighted by atomic mass is 32.1. The standard InChI is InChI=1S/C23H22N4O2S/c1-4-27-22(29)18-8-6-5-7-17(18)20(26-27)21(28)25-23-24-19(13-30-23)16-11-9-15(10-12-16)14(2)3/h5-14H,4H2,1-3H3,(H,24,25,28). The number of hydrogen-bond donors (Lipinski definition) is 1. The molecule has 2 aromatic heterocycles. The number of aryl methyl sites for hydroxylation is 1. The van der Waals surface area contributed by atoms with Crippen LogP contribution in [-0.2, 0) is 6.54 Å². The smallest absolute Gasteiger partial charge is 0.278 e. The van der Waals surface area contributed by atoms with Gasteiger partial charge in [0.05, 0.1) is 11.1 Å². The first-order valence-electron chi connectivity index (χ1n) is 9.85. The molecule has 6 nitrogen and oxygen atoms in total. The summed E-state index contributed by atoms with van der Waals surface area (Å²) >= 11 is 1.36. The predicted molar refractivity (Wildman–Crippen MR) is 121 cm³/mol. The van der Waals surface area contributed by atoms with Gasteiger partial charge in [-0.2, -0.15) is 5.10 Å². The van der Waals surface area contributed by atoms with Crippen LogP contribution in [0.25, 0.3) is 22.0 Å². The molecule has 2 heterocycles. The van der Waals surface area contributed by atoms with Crippen molar-refractivity contribution < 1.29 is 4.79 Å². The molecule has 0 radical (unpaired) electrons. The molecule has 7 heteroatoms. The van der Waals surface area contributed by atoms with Crippen LogP contribution >= 0.6 is 11.3 Å². The summed E-state index contributed by atoms with van der Waals surface area (Å²) in [6.07, 6.45) is 0. The molecule has 1 amide bonds. The Balaban J connectivity index is 1.63. The highest BCUT2D eigenvalue weighted by Crippen LogP contribution is 2.27. The van der Waals surface area contributed by atoms with Crippen molar-refractivity contribution in [1.82, 2.24) is 14.8 Å². The van der Waals surface area contributed by atoms with Crippen LogP contribution in [0.2, 0.25) is 0 Å². The molecule has 0 saturated carbocycles. The van der Waals surface area contributed by atoms with Gasteiger partial charge >= 0.3 is 0 Å². The second kappa shape index (κ2) is 8.20. The third kappa shape index (κ3) is 3.76. The van der Waals surface area contributed by atoms with Gasteiger partial charge in [-0.05, 0) is 24.5 Å². The zero-order valence-electron chi connectivity index (χ0n) is 17.0. The van der Waals surface area contributed by atoms with Crippen molar-refractivity contribution in [2.75, 3.05) is 5.32 Å². The fourth-order valence-electron chi connectivity index (χ4n) is 3.28. The van der Waals surface area contributed by atoms with Gasteiger partial charge in [0.25, 0.3) is 11.5 Å². The molecule has 0 spiro atoms. The van der Waals surface area contributed by atoms with E-state index in [4.69, 9.17) is 0 Å². The van der Waals surface area contributed by atoms with Crippen molar-refractivity contribution in [3.05, 3.63) is 75.5 Å². The van der Waals surface area contributed by atoms with Crippen molar-refractivity contribution in [3.8, 4) is 11.3 Å².